The Morgan fingerprint density at radius 3 is 1.23 bits per heavy atom. The molecule has 474 valence electrons. The summed E-state index contributed by atoms with van der Waals surface area (Å²) in [6.07, 6.45) is 65.1. The van der Waals surface area contributed by atoms with Crippen LogP contribution < -0.4 is 0 Å². The van der Waals surface area contributed by atoms with Crippen LogP contribution in [0.15, 0.2) is 97.2 Å². The monoisotopic (exact) mass is 1160 g/mol. The summed E-state index contributed by atoms with van der Waals surface area (Å²) in [6.45, 7) is 5.83. The third-order valence-corrected chi connectivity index (χ3v) is 14.6. The molecule has 0 aromatic heterocycles. The van der Waals surface area contributed by atoms with Gasteiger partial charge in [0.2, 0.25) is 0 Å². The third kappa shape index (κ3) is 47.6. The normalized spacial score (nSPS) is 18.2. The molecule has 6 unspecified atom stereocenters. The molecule has 3 N–H and O–H groups in total. The number of aliphatic hydroxyl groups excluding tert-OH is 2. The molecule has 1 rings (SSSR count). The van der Waals surface area contributed by atoms with Crippen molar-refractivity contribution in [1.82, 2.24) is 0 Å². The first-order chi connectivity index (χ1) is 40.6. The van der Waals surface area contributed by atoms with Gasteiger partial charge < -0.3 is 39.0 Å². The Morgan fingerprint density at radius 1 is 0.410 bits per heavy atom. The number of carboxylic acid groups (broad SMARTS) is 1. The average molecular weight is 1160 g/mol. The SMILES string of the molecule is CC/C=C\C/C=C\C/C=C\C/C=C\C/C=C\CCCC(=O)OC(COC(=O)CCCCCCCCCCC/C=C\CCCCCCCC)COC1OC(C(=O)O)C(O)C(O)C1OC(=O)CCCCCCCCC/C=C\C/C=C\CCCCC. The van der Waals surface area contributed by atoms with Crippen molar-refractivity contribution in [2.75, 3.05) is 13.2 Å². The lowest BCUT2D eigenvalue weighted by Crippen LogP contribution is -2.61. The molecule has 0 spiro atoms. The van der Waals surface area contributed by atoms with Gasteiger partial charge in [-0.1, -0.05) is 240 Å². The number of allylic oxidation sites excluding steroid dienone is 16. The summed E-state index contributed by atoms with van der Waals surface area (Å²) in [5.41, 5.74) is 0. The van der Waals surface area contributed by atoms with Crippen molar-refractivity contribution < 1.29 is 58.2 Å². The lowest BCUT2D eigenvalue weighted by Gasteiger charge is -2.40. The van der Waals surface area contributed by atoms with Crippen molar-refractivity contribution in [2.24, 2.45) is 0 Å². The maximum atomic E-state index is 13.2. The summed E-state index contributed by atoms with van der Waals surface area (Å²) in [4.78, 5) is 51.4. The van der Waals surface area contributed by atoms with Gasteiger partial charge in [0.05, 0.1) is 6.61 Å². The molecule has 0 aliphatic carbocycles. The molecule has 0 bridgehead atoms. The second kappa shape index (κ2) is 58.0. The summed E-state index contributed by atoms with van der Waals surface area (Å²) in [5.74, 6) is -3.21. The predicted octanol–water partition coefficient (Wildman–Crippen LogP) is 18.0. The summed E-state index contributed by atoms with van der Waals surface area (Å²) in [6, 6.07) is 0. The van der Waals surface area contributed by atoms with Crippen LogP contribution in [0.25, 0.3) is 0 Å². The minimum atomic E-state index is -1.92. The highest BCUT2D eigenvalue weighted by molar-refractivity contribution is 5.74. The van der Waals surface area contributed by atoms with E-state index in [1.165, 1.54) is 103 Å². The number of hydrogen-bond donors (Lipinski definition) is 3. The first-order valence-electron chi connectivity index (χ1n) is 33.2. The van der Waals surface area contributed by atoms with Gasteiger partial charge in [0.25, 0.3) is 0 Å². The van der Waals surface area contributed by atoms with Crippen molar-refractivity contribution >= 4 is 23.9 Å². The van der Waals surface area contributed by atoms with Gasteiger partial charge in [0.1, 0.15) is 18.8 Å². The summed E-state index contributed by atoms with van der Waals surface area (Å²) < 4.78 is 28.5. The van der Waals surface area contributed by atoms with Crippen LogP contribution in [0.5, 0.6) is 0 Å². The number of carbonyl (C=O) groups is 4. The standard InChI is InChI=1S/C71H118O12/c1-4-7-10-13-16-19-22-25-28-31-32-35-36-39-42-45-48-51-54-57-63(72)79-60-62(81-64(73)58-55-52-49-46-43-40-37-33-29-26-23-20-17-14-11-8-5-2)61-80-71-69(67(76)66(75)68(83-71)70(77)78)82-65(74)59-56-53-50-47-44-41-38-34-30-27-24-21-18-15-12-9-6-3/h8,11,17-18,20-21,25-30,37,40,46,49,62,66-69,71,75-76H,4-7,9-10,12-16,19,22-24,31-36,38-39,41-45,47-48,50-61H2,1-3H3,(H,77,78)/b11-8-,20-17-,21-18-,28-25-,29-26-,30-27-,40-37-,49-46-. The van der Waals surface area contributed by atoms with Crippen molar-refractivity contribution in [3.05, 3.63) is 97.2 Å². The van der Waals surface area contributed by atoms with Gasteiger partial charge in [0, 0.05) is 19.3 Å². The molecule has 1 aliphatic heterocycles. The fourth-order valence-corrected chi connectivity index (χ4v) is 9.55. The lowest BCUT2D eigenvalue weighted by molar-refractivity contribution is -0.301. The zero-order valence-corrected chi connectivity index (χ0v) is 52.4. The van der Waals surface area contributed by atoms with Gasteiger partial charge in [-0.2, -0.15) is 0 Å². The molecule has 83 heavy (non-hydrogen) atoms. The highest BCUT2D eigenvalue weighted by Gasteiger charge is 2.50. The van der Waals surface area contributed by atoms with E-state index < -0.39 is 67.3 Å². The topological polar surface area (TPSA) is 175 Å². The van der Waals surface area contributed by atoms with E-state index in [9.17, 15) is 34.5 Å². The molecule has 1 saturated heterocycles. The Balaban J connectivity index is 2.69. The second-order valence-electron chi connectivity index (χ2n) is 22.4. The number of aliphatic carboxylic acids is 1. The van der Waals surface area contributed by atoms with E-state index in [0.717, 1.165) is 109 Å². The van der Waals surface area contributed by atoms with Gasteiger partial charge in [-0.25, -0.2) is 4.79 Å². The number of ether oxygens (including phenoxy) is 5. The Labute approximate surface area is 504 Å². The molecular weight excluding hydrogens is 1040 g/mol. The van der Waals surface area contributed by atoms with E-state index >= 15 is 0 Å². The number of aliphatic hydroxyl groups is 2. The second-order valence-corrected chi connectivity index (χ2v) is 22.4. The first-order valence-corrected chi connectivity index (χ1v) is 33.2. The van der Waals surface area contributed by atoms with Crippen LogP contribution in [0.1, 0.15) is 278 Å². The van der Waals surface area contributed by atoms with E-state index in [2.05, 4.69) is 112 Å². The largest absolute Gasteiger partial charge is 0.479 e. The maximum Gasteiger partial charge on any atom is 0.335 e. The Hall–Kier alpha value is -4.36. The van der Waals surface area contributed by atoms with Gasteiger partial charge in [0.15, 0.2) is 24.6 Å². The molecule has 0 radical (unpaired) electrons. The molecule has 1 aliphatic rings. The average Bonchev–Trinajstić information content (AvgIpc) is 3.59. The Bertz CT molecular complexity index is 1810. The van der Waals surface area contributed by atoms with Gasteiger partial charge in [-0.15, -0.1) is 0 Å². The minimum Gasteiger partial charge on any atom is -0.479 e. The molecule has 6 atom stereocenters. The first kappa shape index (κ1) is 76.7. The van der Waals surface area contributed by atoms with Crippen molar-refractivity contribution in [3.8, 4) is 0 Å². The van der Waals surface area contributed by atoms with Crippen LogP contribution in [-0.4, -0.2) is 89.2 Å². The summed E-state index contributed by atoms with van der Waals surface area (Å²) in [7, 11) is 0. The number of hydrogen-bond acceptors (Lipinski definition) is 11. The molecule has 12 heteroatoms. The number of rotatable bonds is 56. The number of esters is 3. The van der Waals surface area contributed by atoms with Gasteiger partial charge >= 0.3 is 23.9 Å². The zero-order valence-electron chi connectivity index (χ0n) is 52.4. The molecule has 1 heterocycles. The summed E-state index contributed by atoms with van der Waals surface area (Å²) in [5, 5.41) is 31.6. The van der Waals surface area contributed by atoms with Gasteiger partial charge in [-0.3, -0.25) is 14.4 Å². The van der Waals surface area contributed by atoms with Crippen LogP contribution in [0, 0.1) is 0 Å². The molecule has 0 aromatic rings. The van der Waals surface area contributed by atoms with E-state index in [-0.39, 0.29) is 25.9 Å². The van der Waals surface area contributed by atoms with E-state index in [1.54, 1.807) is 0 Å². The molecule has 0 saturated carbocycles. The summed E-state index contributed by atoms with van der Waals surface area (Å²) >= 11 is 0. The van der Waals surface area contributed by atoms with Crippen LogP contribution in [0.2, 0.25) is 0 Å². The molecule has 0 aromatic carbocycles. The molecule has 12 nitrogen and oxygen atoms in total. The van der Waals surface area contributed by atoms with E-state index in [0.29, 0.717) is 25.7 Å². The maximum absolute atomic E-state index is 13.2. The number of carboxylic acids is 1. The smallest absolute Gasteiger partial charge is 0.335 e. The van der Waals surface area contributed by atoms with E-state index in [4.69, 9.17) is 23.7 Å². The van der Waals surface area contributed by atoms with Crippen LogP contribution >= 0.6 is 0 Å². The Morgan fingerprint density at radius 2 is 0.771 bits per heavy atom. The Kier molecular flexibility index (Phi) is 53.6. The number of unbranched alkanes of at least 4 members (excludes halogenated alkanes) is 26. The quantitative estimate of drug-likeness (QED) is 0.0228. The molecule has 1 fully saturated rings. The van der Waals surface area contributed by atoms with Crippen molar-refractivity contribution in [1.29, 1.82) is 0 Å². The van der Waals surface area contributed by atoms with E-state index in [1.807, 2.05) is 6.08 Å². The van der Waals surface area contributed by atoms with Crippen molar-refractivity contribution in [3.63, 3.8) is 0 Å². The number of carbonyl (C=O) groups excluding carboxylic acids is 3. The third-order valence-electron chi connectivity index (χ3n) is 14.6. The minimum absolute atomic E-state index is 0.0414. The van der Waals surface area contributed by atoms with Crippen LogP contribution in [0.4, 0.5) is 0 Å². The fraction of sp³-hybridized carbons (Fsp3) is 0.718. The molecule has 0 amide bonds. The predicted molar refractivity (Wildman–Crippen MR) is 340 cm³/mol. The lowest BCUT2D eigenvalue weighted by atomic mass is 9.98. The zero-order chi connectivity index (χ0) is 60.3. The highest BCUT2D eigenvalue weighted by Crippen LogP contribution is 2.26. The van der Waals surface area contributed by atoms with Gasteiger partial charge in [-0.05, 0) is 116 Å². The van der Waals surface area contributed by atoms with Crippen molar-refractivity contribution in [2.45, 2.75) is 314 Å². The van der Waals surface area contributed by atoms with Crippen LogP contribution in [0.3, 0.4) is 0 Å². The van der Waals surface area contributed by atoms with Crippen LogP contribution in [-0.2, 0) is 42.9 Å². The fourth-order valence-electron chi connectivity index (χ4n) is 9.55. The molecular formula is C71H118O12. The highest BCUT2D eigenvalue weighted by atomic mass is 16.7.